The number of rotatable bonds is 5. The molecule has 0 spiro atoms. The molecule has 3 aromatic rings. The number of benzene rings is 2. The van der Waals surface area contributed by atoms with E-state index in [4.69, 9.17) is 9.57 Å². The number of piperidine rings is 1. The number of methoxy groups -OCH3 is 1. The van der Waals surface area contributed by atoms with Crippen LogP contribution >= 0.6 is 0 Å². The van der Waals surface area contributed by atoms with Crippen molar-refractivity contribution in [1.82, 2.24) is 14.5 Å². The van der Waals surface area contributed by atoms with E-state index < -0.39 is 29.8 Å². The van der Waals surface area contributed by atoms with Gasteiger partial charge in [0.25, 0.3) is 5.72 Å². The first-order valence-electron chi connectivity index (χ1n) is 11.1. The number of fused-ring (bicyclic) bond motifs is 1. The predicted octanol–water partition coefficient (Wildman–Crippen LogP) is 4.27. The monoisotopic (exact) mass is 484 g/mol. The zero-order valence-electron chi connectivity index (χ0n) is 19.1. The number of hydrogen-bond acceptors (Lipinski definition) is 6. The molecule has 1 aromatic heterocycles. The van der Waals surface area contributed by atoms with Crippen LogP contribution in [-0.2, 0) is 10.6 Å². The molecule has 3 heterocycles. The summed E-state index contributed by atoms with van der Waals surface area (Å²) in [4.78, 5) is 11.5. The van der Waals surface area contributed by atoms with Crippen LogP contribution in [0.5, 0.6) is 5.75 Å². The lowest BCUT2D eigenvalue weighted by molar-refractivity contribution is -0.137. The van der Waals surface area contributed by atoms with Crippen LogP contribution in [0, 0.1) is 24.4 Å². The van der Waals surface area contributed by atoms with Gasteiger partial charge in [0.1, 0.15) is 29.7 Å². The summed E-state index contributed by atoms with van der Waals surface area (Å²) < 4.78 is 50.1. The lowest BCUT2D eigenvalue weighted by Crippen LogP contribution is -2.51. The molecule has 182 valence electrons. The van der Waals surface area contributed by atoms with E-state index in [9.17, 15) is 13.9 Å². The van der Waals surface area contributed by atoms with Crippen molar-refractivity contribution in [3.63, 3.8) is 0 Å². The number of nitrogens with zero attached hydrogens (tertiary/aromatic N) is 4. The van der Waals surface area contributed by atoms with E-state index in [1.54, 1.807) is 27.8 Å². The molecule has 2 aromatic carbocycles. The molecule has 10 heteroatoms. The fourth-order valence-corrected chi connectivity index (χ4v) is 4.60. The Kier molecular flexibility index (Phi) is 5.76. The summed E-state index contributed by atoms with van der Waals surface area (Å²) in [6.45, 7) is 1.69. The van der Waals surface area contributed by atoms with Crippen LogP contribution < -0.4 is 4.74 Å². The number of oxime groups is 1. The average molecular weight is 484 g/mol. The molecule has 1 atom stereocenters. The van der Waals surface area contributed by atoms with Crippen LogP contribution in [0.3, 0.4) is 0 Å². The maximum absolute atomic E-state index is 15.2. The van der Waals surface area contributed by atoms with Gasteiger partial charge >= 0.3 is 0 Å². The second-order valence-corrected chi connectivity index (χ2v) is 8.51. The van der Waals surface area contributed by atoms with Crippen LogP contribution in [-0.4, -0.2) is 45.7 Å². The largest absolute Gasteiger partial charge is 0.494 e. The van der Waals surface area contributed by atoms with Crippen LogP contribution in [0.4, 0.5) is 13.2 Å². The summed E-state index contributed by atoms with van der Waals surface area (Å²) in [6.07, 6.45) is 6.26. The number of hydrogen-bond donors (Lipinski definition) is 1. The second kappa shape index (κ2) is 8.77. The van der Waals surface area contributed by atoms with Crippen molar-refractivity contribution in [2.24, 2.45) is 5.16 Å². The third-order valence-corrected chi connectivity index (χ3v) is 6.20. The molecule has 2 aliphatic rings. The molecule has 0 aliphatic carbocycles. The molecular weight excluding hydrogens is 461 g/mol. The van der Waals surface area contributed by atoms with E-state index in [0.717, 1.165) is 29.5 Å². The van der Waals surface area contributed by atoms with E-state index in [0.29, 0.717) is 36.5 Å². The minimum Gasteiger partial charge on any atom is -0.494 e. The number of aliphatic hydroxyl groups is 1. The number of amidine groups is 1. The van der Waals surface area contributed by atoms with Gasteiger partial charge in [0.15, 0.2) is 11.7 Å². The van der Waals surface area contributed by atoms with Gasteiger partial charge in [0.05, 0.1) is 19.1 Å². The number of aliphatic hydroxyl groups excluding tert-OH is 1. The molecule has 7 nitrogen and oxygen atoms in total. The van der Waals surface area contributed by atoms with E-state index >= 15 is 4.39 Å². The highest BCUT2D eigenvalue weighted by molar-refractivity contribution is 6.03. The average Bonchev–Trinajstić information content (AvgIpc) is 3.42. The quantitative estimate of drug-likeness (QED) is 0.586. The van der Waals surface area contributed by atoms with Crippen molar-refractivity contribution in [3.8, 4) is 11.4 Å². The summed E-state index contributed by atoms with van der Waals surface area (Å²) in [5, 5.41) is 14.4. The molecule has 0 radical (unpaired) electrons. The first-order valence-corrected chi connectivity index (χ1v) is 11.1. The van der Waals surface area contributed by atoms with Gasteiger partial charge in [-0.1, -0.05) is 5.16 Å². The predicted molar refractivity (Wildman–Crippen MR) is 122 cm³/mol. The van der Waals surface area contributed by atoms with E-state index in [1.807, 2.05) is 6.92 Å². The number of halogens is 3. The SMILES string of the molecule is COc1cc(/C=C2\CCCN3C2=NOC3(CO)c2cc(F)cc(F)c2)cc(F)c1-n1cnc(C)c1. The van der Waals surface area contributed by atoms with Gasteiger partial charge < -0.3 is 24.1 Å². The van der Waals surface area contributed by atoms with E-state index in [-0.39, 0.29) is 11.3 Å². The molecule has 0 amide bonds. The Morgan fingerprint density at radius 2 is 1.94 bits per heavy atom. The van der Waals surface area contributed by atoms with Crippen molar-refractivity contribution in [2.45, 2.75) is 25.5 Å². The summed E-state index contributed by atoms with van der Waals surface area (Å²) in [5.74, 6) is -1.32. The van der Waals surface area contributed by atoms with Crippen molar-refractivity contribution in [3.05, 3.63) is 82.7 Å². The summed E-state index contributed by atoms with van der Waals surface area (Å²) in [6, 6.07) is 6.08. The van der Waals surface area contributed by atoms with E-state index in [1.165, 1.54) is 19.5 Å². The molecule has 1 N–H and O–H groups in total. The third-order valence-electron chi connectivity index (χ3n) is 6.20. The second-order valence-electron chi connectivity index (χ2n) is 8.51. The lowest BCUT2D eigenvalue weighted by atomic mass is 9.94. The molecule has 0 saturated carbocycles. The highest BCUT2D eigenvalue weighted by Gasteiger charge is 2.49. The Bertz CT molecular complexity index is 1330. The lowest BCUT2D eigenvalue weighted by Gasteiger charge is -2.38. The Balaban J connectivity index is 1.52. The topological polar surface area (TPSA) is 72.1 Å². The van der Waals surface area contributed by atoms with Gasteiger partial charge in [0, 0.05) is 24.4 Å². The maximum Gasteiger partial charge on any atom is 0.260 e. The Labute approximate surface area is 199 Å². The standard InChI is InChI=1S/C25H23F3N4O3/c1-15-12-31(14-29-15)23-21(28)7-16(8-22(23)34-2)6-17-4-3-5-32-24(17)30-35-25(32,13-33)18-9-19(26)11-20(27)10-18/h6-12,14,33H,3-5,13H2,1-2H3/b17-6+. The number of aryl methyl sites for hydroxylation is 1. The molecule has 35 heavy (non-hydrogen) atoms. The van der Waals surface area contributed by atoms with Gasteiger partial charge in [-0.05, 0) is 61.2 Å². The molecule has 1 unspecified atom stereocenters. The molecule has 2 aliphatic heterocycles. The summed E-state index contributed by atoms with van der Waals surface area (Å²) in [7, 11) is 1.46. The molecule has 1 saturated heterocycles. The highest BCUT2D eigenvalue weighted by Crippen LogP contribution is 2.41. The van der Waals surface area contributed by atoms with Crippen molar-refractivity contribution in [1.29, 1.82) is 0 Å². The molecule has 0 bridgehead atoms. The first-order chi connectivity index (χ1) is 16.8. The highest BCUT2D eigenvalue weighted by atomic mass is 19.1. The van der Waals surface area contributed by atoms with Crippen LogP contribution in [0.2, 0.25) is 0 Å². The minimum atomic E-state index is -1.55. The fourth-order valence-electron chi connectivity index (χ4n) is 4.60. The number of aromatic nitrogens is 2. The molecule has 1 fully saturated rings. The molecular formula is C25H23F3N4O3. The minimum absolute atomic E-state index is 0.116. The number of imidazole rings is 1. The van der Waals surface area contributed by atoms with Crippen molar-refractivity contribution in [2.75, 3.05) is 20.3 Å². The zero-order chi connectivity index (χ0) is 24.7. The molecule has 5 rings (SSSR count). The van der Waals surface area contributed by atoms with Crippen LogP contribution in [0.25, 0.3) is 11.8 Å². The summed E-state index contributed by atoms with van der Waals surface area (Å²) >= 11 is 0. The van der Waals surface area contributed by atoms with Gasteiger partial charge in [-0.15, -0.1) is 0 Å². The van der Waals surface area contributed by atoms with Crippen molar-refractivity contribution >= 4 is 11.9 Å². The zero-order valence-corrected chi connectivity index (χ0v) is 19.1. The number of ether oxygens (including phenoxy) is 1. The first kappa shape index (κ1) is 23.0. The van der Waals surface area contributed by atoms with Crippen LogP contribution in [0.1, 0.15) is 29.7 Å². The van der Waals surface area contributed by atoms with E-state index in [2.05, 4.69) is 10.1 Å². The Hall–Kier alpha value is -3.79. The Morgan fingerprint density at radius 1 is 1.17 bits per heavy atom. The van der Waals surface area contributed by atoms with Crippen LogP contribution in [0.15, 0.2) is 53.6 Å². The maximum atomic E-state index is 15.2. The van der Waals surface area contributed by atoms with Gasteiger partial charge in [0.2, 0.25) is 0 Å². The van der Waals surface area contributed by atoms with Crippen molar-refractivity contribution < 1.29 is 27.9 Å². The summed E-state index contributed by atoms with van der Waals surface area (Å²) in [5.41, 5.74) is 0.822. The van der Waals surface area contributed by atoms with Gasteiger partial charge in [-0.25, -0.2) is 18.2 Å². The normalized spacial score (nSPS) is 20.6. The van der Waals surface area contributed by atoms with Gasteiger partial charge in [-0.2, -0.15) is 0 Å². The Morgan fingerprint density at radius 3 is 2.60 bits per heavy atom. The fraction of sp³-hybridized carbons (Fsp3) is 0.280. The third kappa shape index (κ3) is 3.93. The van der Waals surface area contributed by atoms with Gasteiger partial charge in [-0.3, -0.25) is 0 Å². The smallest absolute Gasteiger partial charge is 0.260 e.